The predicted octanol–water partition coefficient (Wildman–Crippen LogP) is 2.76. The van der Waals surface area contributed by atoms with Crippen molar-refractivity contribution in [2.75, 3.05) is 26.3 Å². The van der Waals surface area contributed by atoms with E-state index in [1.807, 2.05) is 6.92 Å². The van der Waals surface area contributed by atoms with Crippen LogP contribution in [-0.2, 0) is 10.0 Å². The summed E-state index contributed by atoms with van der Waals surface area (Å²) in [6.07, 6.45) is 1.64. The van der Waals surface area contributed by atoms with Gasteiger partial charge in [-0.25, -0.2) is 8.42 Å². The lowest BCUT2D eigenvalue weighted by Gasteiger charge is -2.47. The van der Waals surface area contributed by atoms with Gasteiger partial charge < -0.3 is 9.84 Å². The molecular weight excluding hydrogens is 399 g/mol. The van der Waals surface area contributed by atoms with Crippen LogP contribution in [0.1, 0.15) is 5.69 Å². The van der Waals surface area contributed by atoms with Crippen LogP contribution in [0.3, 0.4) is 0 Å². The van der Waals surface area contributed by atoms with Crippen molar-refractivity contribution in [1.82, 2.24) is 9.29 Å². The average Bonchev–Trinajstić information content (AvgIpc) is 2.53. The second-order valence-electron chi connectivity index (χ2n) is 6.43. The average molecular weight is 417 g/mol. The first-order chi connectivity index (χ1) is 12.3. The number of pyridine rings is 1. The number of rotatable bonds is 6. The minimum atomic E-state index is -3.75. The van der Waals surface area contributed by atoms with Crippen LogP contribution in [0.2, 0.25) is 10.0 Å². The Morgan fingerprint density at radius 2 is 2.00 bits per heavy atom. The van der Waals surface area contributed by atoms with Crippen LogP contribution in [-0.4, -0.2) is 49.1 Å². The molecule has 1 N–H and O–H groups in total. The third kappa shape index (κ3) is 3.82. The Labute approximate surface area is 162 Å². The second-order valence-corrected chi connectivity index (χ2v) is 9.18. The zero-order chi connectivity index (χ0) is 18.9. The van der Waals surface area contributed by atoms with Crippen molar-refractivity contribution < 1.29 is 18.3 Å². The largest absolute Gasteiger partial charge is 0.493 e. The summed E-state index contributed by atoms with van der Waals surface area (Å²) in [5, 5.41) is 10.2. The van der Waals surface area contributed by atoms with Gasteiger partial charge >= 0.3 is 0 Å². The molecule has 6 nitrogen and oxygen atoms in total. The molecule has 0 amide bonds. The molecule has 0 radical (unpaired) electrons. The van der Waals surface area contributed by atoms with Gasteiger partial charge in [0.1, 0.15) is 10.6 Å². The van der Waals surface area contributed by atoms with E-state index in [2.05, 4.69) is 4.98 Å². The predicted molar refractivity (Wildman–Crippen MR) is 99.2 cm³/mol. The molecule has 0 bridgehead atoms. The third-order valence-electron chi connectivity index (χ3n) is 4.28. The Kier molecular flexibility index (Phi) is 5.46. The number of benzene rings is 1. The Hall–Kier alpha value is -1.38. The second kappa shape index (κ2) is 7.32. The molecule has 140 valence electrons. The molecule has 1 aliphatic rings. The maximum Gasteiger partial charge on any atom is 0.244 e. The summed E-state index contributed by atoms with van der Waals surface area (Å²) in [5.74, 6) is 0.632. The van der Waals surface area contributed by atoms with E-state index >= 15 is 0 Å². The van der Waals surface area contributed by atoms with Gasteiger partial charge in [0, 0.05) is 36.1 Å². The summed E-state index contributed by atoms with van der Waals surface area (Å²) in [7, 11) is -3.75. The van der Waals surface area contributed by atoms with E-state index in [1.165, 1.54) is 22.5 Å². The number of sulfonamides is 1. The van der Waals surface area contributed by atoms with Crippen molar-refractivity contribution in [3.63, 3.8) is 0 Å². The summed E-state index contributed by atoms with van der Waals surface area (Å²) in [4.78, 5) is 4.09. The van der Waals surface area contributed by atoms with Crippen LogP contribution >= 0.6 is 23.2 Å². The summed E-state index contributed by atoms with van der Waals surface area (Å²) in [5.41, 5.74) is 0.166. The first kappa shape index (κ1) is 19.4. The van der Waals surface area contributed by atoms with Gasteiger partial charge in [0.25, 0.3) is 0 Å². The number of aliphatic hydroxyl groups excluding tert-OH is 1. The SMILES string of the molecule is Cc1cc(OCC2(CO)CN(S(=O)(=O)c3ccc(Cl)cc3Cl)C2)ccn1. The van der Waals surface area contributed by atoms with Gasteiger partial charge in [-0.05, 0) is 31.2 Å². The lowest BCUT2D eigenvalue weighted by atomic mass is 9.83. The van der Waals surface area contributed by atoms with Crippen LogP contribution in [0, 0.1) is 12.3 Å². The normalized spacial score (nSPS) is 16.9. The Morgan fingerprint density at radius 3 is 2.62 bits per heavy atom. The van der Waals surface area contributed by atoms with Gasteiger partial charge in [-0.3, -0.25) is 4.98 Å². The van der Waals surface area contributed by atoms with Crippen LogP contribution in [0.25, 0.3) is 0 Å². The number of ether oxygens (including phenoxy) is 1. The number of hydrogen-bond donors (Lipinski definition) is 1. The van der Waals surface area contributed by atoms with Crippen molar-refractivity contribution in [3.05, 3.63) is 52.3 Å². The van der Waals surface area contributed by atoms with Gasteiger partial charge in [0.15, 0.2) is 0 Å². The molecule has 3 rings (SSSR count). The fourth-order valence-electron chi connectivity index (χ4n) is 2.78. The molecule has 1 aliphatic heterocycles. The van der Waals surface area contributed by atoms with E-state index < -0.39 is 15.4 Å². The van der Waals surface area contributed by atoms with Gasteiger partial charge in [0.2, 0.25) is 10.0 Å². The minimum Gasteiger partial charge on any atom is -0.493 e. The number of aromatic nitrogens is 1. The zero-order valence-corrected chi connectivity index (χ0v) is 16.4. The number of aryl methyl sites for hydroxylation is 1. The van der Waals surface area contributed by atoms with Crippen molar-refractivity contribution in [1.29, 1.82) is 0 Å². The molecule has 0 atom stereocenters. The van der Waals surface area contributed by atoms with Gasteiger partial charge in [-0.1, -0.05) is 23.2 Å². The molecular formula is C17H18Cl2N2O4S. The molecule has 2 aromatic rings. The van der Waals surface area contributed by atoms with Gasteiger partial charge in [0.05, 0.1) is 23.7 Å². The van der Waals surface area contributed by atoms with Crippen LogP contribution in [0.15, 0.2) is 41.4 Å². The quantitative estimate of drug-likeness (QED) is 0.782. The molecule has 1 aromatic carbocycles. The fourth-order valence-corrected chi connectivity index (χ4v) is 5.19. The lowest BCUT2D eigenvalue weighted by molar-refractivity contribution is -0.0272. The fraction of sp³-hybridized carbons (Fsp3) is 0.353. The summed E-state index contributed by atoms with van der Waals surface area (Å²) in [6.45, 7) is 2.16. The maximum absolute atomic E-state index is 12.7. The summed E-state index contributed by atoms with van der Waals surface area (Å²) >= 11 is 11.9. The van der Waals surface area contributed by atoms with Crippen LogP contribution in [0.5, 0.6) is 5.75 Å². The minimum absolute atomic E-state index is 0.000725. The molecule has 0 aliphatic carbocycles. The highest BCUT2D eigenvalue weighted by Crippen LogP contribution is 2.37. The Balaban J connectivity index is 1.70. The van der Waals surface area contributed by atoms with Crippen LogP contribution < -0.4 is 4.74 Å². The van der Waals surface area contributed by atoms with E-state index in [0.29, 0.717) is 10.8 Å². The number of aliphatic hydroxyl groups is 1. The van der Waals surface area contributed by atoms with E-state index in [4.69, 9.17) is 27.9 Å². The molecule has 1 saturated heterocycles. The number of nitrogens with zero attached hydrogens (tertiary/aromatic N) is 2. The molecule has 26 heavy (non-hydrogen) atoms. The highest BCUT2D eigenvalue weighted by molar-refractivity contribution is 7.89. The van der Waals surface area contributed by atoms with E-state index in [0.717, 1.165) is 5.69 Å². The van der Waals surface area contributed by atoms with Crippen molar-refractivity contribution >= 4 is 33.2 Å². The van der Waals surface area contributed by atoms with Gasteiger partial charge in [-0.2, -0.15) is 4.31 Å². The Bertz CT molecular complexity index is 915. The lowest BCUT2D eigenvalue weighted by Crippen LogP contribution is -2.62. The smallest absolute Gasteiger partial charge is 0.244 e. The standard InChI is InChI=1S/C17H18Cl2N2O4S/c1-12-6-14(4-5-20-12)25-11-17(10-22)8-21(9-17)26(23,24)16-3-2-13(18)7-15(16)19/h2-7,22H,8-11H2,1H3. The topological polar surface area (TPSA) is 79.7 Å². The number of halogens is 2. The van der Waals surface area contributed by atoms with E-state index in [9.17, 15) is 13.5 Å². The molecule has 0 unspecified atom stereocenters. The first-order valence-corrected chi connectivity index (χ1v) is 10.1. The van der Waals surface area contributed by atoms with E-state index in [-0.39, 0.29) is 36.2 Å². The highest BCUT2D eigenvalue weighted by atomic mass is 35.5. The third-order valence-corrected chi connectivity index (χ3v) is 6.79. The van der Waals surface area contributed by atoms with Crippen LogP contribution in [0.4, 0.5) is 0 Å². The first-order valence-electron chi connectivity index (χ1n) is 7.87. The molecule has 0 saturated carbocycles. The van der Waals surface area contributed by atoms with Crippen molar-refractivity contribution in [3.8, 4) is 5.75 Å². The molecule has 9 heteroatoms. The van der Waals surface area contributed by atoms with Gasteiger partial charge in [-0.15, -0.1) is 0 Å². The molecule has 1 aromatic heterocycles. The maximum atomic E-state index is 12.7. The summed E-state index contributed by atoms with van der Waals surface area (Å²) in [6, 6.07) is 7.76. The molecule has 2 heterocycles. The van der Waals surface area contributed by atoms with E-state index in [1.54, 1.807) is 18.3 Å². The zero-order valence-electron chi connectivity index (χ0n) is 14.0. The Morgan fingerprint density at radius 1 is 1.27 bits per heavy atom. The highest BCUT2D eigenvalue weighted by Gasteiger charge is 2.49. The number of hydrogen-bond acceptors (Lipinski definition) is 5. The van der Waals surface area contributed by atoms with Crippen molar-refractivity contribution in [2.45, 2.75) is 11.8 Å². The van der Waals surface area contributed by atoms with Crippen molar-refractivity contribution in [2.24, 2.45) is 5.41 Å². The molecule has 0 spiro atoms. The molecule has 1 fully saturated rings. The summed E-state index contributed by atoms with van der Waals surface area (Å²) < 4.78 is 32.5. The monoisotopic (exact) mass is 416 g/mol.